The fraction of sp³-hybridized carbons (Fsp3) is 0.667. The monoisotopic (exact) mass is 387 g/mol. The van der Waals surface area contributed by atoms with Gasteiger partial charge in [0, 0.05) is 64.9 Å². The van der Waals surface area contributed by atoms with Gasteiger partial charge in [-0.25, -0.2) is 4.98 Å². The molecule has 2 aliphatic heterocycles. The lowest BCUT2D eigenvalue weighted by molar-refractivity contribution is 0.106. The molecule has 0 bridgehead atoms. The summed E-state index contributed by atoms with van der Waals surface area (Å²) in [5.74, 6) is 1.64. The first-order valence-electron chi connectivity index (χ1n) is 10.6. The molecule has 2 fully saturated rings. The number of piperazine rings is 1. The van der Waals surface area contributed by atoms with Crippen molar-refractivity contribution in [2.75, 3.05) is 70.5 Å². The maximum atomic E-state index is 10.0. The van der Waals surface area contributed by atoms with Crippen LogP contribution in [0.3, 0.4) is 0 Å². The minimum atomic E-state index is 0.0930. The lowest BCUT2D eigenvalue weighted by Crippen LogP contribution is -2.48. The van der Waals surface area contributed by atoms with E-state index in [9.17, 15) is 10.2 Å². The van der Waals surface area contributed by atoms with E-state index in [0.717, 1.165) is 69.3 Å². The summed E-state index contributed by atoms with van der Waals surface area (Å²) in [6, 6.07) is 8.10. The number of imidazole rings is 1. The summed E-state index contributed by atoms with van der Waals surface area (Å²) in [6.45, 7) is 11.5. The number of aliphatic hydroxyl groups excluding tert-OH is 2. The molecule has 4 rings (SSSR count). The minimum absolute atomic E-state index is 0.0930. The molecule has 0 saturated carbocycles. The van der Waals surface area contributed by atoms with Crippen LogP contribution in [0.25, 0.3) is 11.0 Å². The number of hydrogen-bond acceptors (Lipinski definition) is 6. The summed E-state index contributed by atoms with van der Waals surface area (Å²) >= 11 is 0. The van der Waals surface area contributed by atoms with Crippen molar-refractivity contribution >= 4 is 17.0 Å². The largest absolute Gasteiger partial charge is 0.396 e. The molecule has 7 heteroatoms. The molecule has 0 amide bonds. The predicted molar refractivity (Wildman–Crippen MR) is 112 cm³/mol. The zero-order valence-corrected chi connectivity index (χ0v) is 16.9. The molecule has 0 radical (unpaired) electrons. The van der Waals surface area contributed by atoms with Crippen molar-refractivity contribution in [1.29, 1.82) is 0 Å². The molecule has 28 heavy (non-hydrogen) atoms. The maximum absolute atomic E-state index is 10.0. The van der Waals surface area contributed by atoms with Gasteiger partial charge >= 0.3 is 0 Å². The lowest BCUT2D eigenvalue weighted by atomic mass is 9.96. The molecular weight excluding hydrogens is 354 g/mol. The number of hydrogen-bond donors (Lipinski definition) is 2. The Morgan fingerprint density at radius 1 is 1.00 bits per heavy atom. The third-order valence-corrected chi connectivity index (χ3v) is 6.46. The third-order valence-electron chi connectivity index (χ3n) is 6.46. The van der Waals surface area contributed by atoms with E-state index in [-0.39, 0.29) is 19.1 Å². The molecule has 154 valence electrons. The van der Waals surface area contributed by atoms with E-state index in [0.29, 0.717) is 12.5 Å². The molecular formula is C21H33N5O2. The highest BCUT2D eigenvalue weighted by Crippen LogP contribution is 2.31. The average Bonchev–Trinajstić information content (AvgIpc) is 3.30. The molecule has 2 atom stereocenters. The highest BCUT2D eigenvalue weighted by molar-refractivity contribution is 5.78. The van der Waals surface area contributed by atoms with Gasteiger partial charge in [-0.15, -0.1) is 0 Å². The number of anilines is 1. The molecule has 7 nitrogen and oxygen atoms in total. The lowest BCUT2D eigenvalue weighted by Gasteiger charge is -2.36. The van der Waals surface area contributed by atoms with Crippen LogP contribution >= 0.6 is 0 Å². The van der Waals surface area contributed by atoms with E-state index in [1.165, 1.54) is 0 Å². The van der Waals surface area contributed by atoms with Crippen molar-refractivity contribution in [1.82, 2.24) is 19.4 Å². The van der Waals surface area contributed by atoms with Crippen molar-refractivity contribution in [3.63, 3.8) is 0 Å². The highest BCUT2D eigenvalue weighted by atomic mass is 16.3. The van der Waals surface area contributed by atoms with Crippen LogP contribution < -0.4 is 4.90 Å². The van der Waals surface area contributed by atoms with Gasteiger partial charge in [-0.3, -0.25) is 0 Å². The molecule has 3 heterocycles. The number of benzene rings is 1. The van der Waals surface area contributed by atoms with Gasteiger partial charge in [-0.1, -0.05) is 19.1 Å². The molecule has 1 aromatic heterocycles. The number of aromatic nitrogens is 2. The Morgan fingerprint density at radius 3 is 2.43 bits per heavy atom. The zero-order valence-electron chi connectivity index (χ0n) is 16.9. The smallest absolute Gasteiger partial charge is 0.206 e. The van der Waals surface area contributed by atoms with Crippen LogP contribution in [0.2, 0.25) is 0 Å². The van der Waals surface area contributed by atoms with Crippen molar-refractivity contribution in [2.24, 2.45) is 11.8 Å². The second-order valence-corrected chi connectivity index (χ2v) is 8.12. The van der Waals surface area contributed by atoms with Gasteiger partial charge in [0.2, 0.25) is 5.95 Å². The summed E-state index contributed by atoms with van der Waals surface area (Å²) in [7, 11) is 0. The summed E-state index contributed by atoms with van der Waals surface area (Å²) in [6.07, 6.45) is 0. The van der Waals surface area contributed by atoms with Crippen LogP contribution in [0.4, 0.5) is 5.95 Å². The van der Waals surface area contributed by atoms with Crippen molar-refractivity contribution < 1.29 is 10.2 Å². The van der Waals surface area contributed by atoms with E-state index in [1.807, 2.05) is 18.2 Å². The molecule has 0 unspecified atom stereocenters. The standard InChI is InChI=1S/C21H33N5O2/c1-2-23-7-9-24(10-8-23)13-17-14-25(15-18(17)16-28)21-22-19-5-3-4-6-20(19)26(21)11-12-27/h3-6,17-18,27-28H,2,7-16H2,1H3/t17-,18-/m1/s1. The highest BCUT2D eigenvalue weighted by Gasteiger charge is 2.36. The van der Waals surface area contributed by atoms with Gasteiger partial charge in [-0.05, 0) is 24.6 Å². The van der Waals surface area contributed by atoms with Crippen LogP contribution in [0.1, 0.15) is 6.92 Å². The second kappa shape index (κ2) is 8.78. The quantitative estimate of drug-likeness (QED) is 0.729. The van der Waals surface area contributed by atoms with E-state index in [4.69, 9.17) is 4.98 Å². The Morgan fingerprint density at radius 2 is 1.71 bits per heavy atom. The van der Waals surface area contributed by atoms with Crippen molar-refractivity contribution in [3.05, 3.63) is 24.3 Å². The Kier molecular flexibility index (Phi) is 6.16. The van der Waals surface area contributed by atoms with E-state index in [1.54, 1.807) is 0 Å². The number of likely N-dealkylation sites (N-methyl/N-ethyl adjacent to an activating group) is 1. The van der Waals surface area contributed by atoms with Gasteiger partial charge in [0.1, 0.15) is 0 Å². The first-order valence-corrected chi connectivity index (χ1v) is 10.6. The molecule has 2 saturated heterocycles. The Hall–Kier alpha value is -1.67. The minimum Gasteiger partial charge on any atom is -0.396 e. The van der Waals surface area contributed by atoms with E-state index in [2.05, 4.69) is 32.3 Å². The van der Waals surface area contributed by atoms with E-state index >= 15 is 0 Å². The van der Waals surface area contributed by atoms with Crippen LogP contribution in [-0.4, -0.2) is 95.1 Å². The topological polar surface area (TPSA) is 68.0 Å². The number of rotatable bonds is 7. The van der Waals surface area contributed by atoms with Crippen LogP contribution in [0, 0.1) is 11.8 Å². The third kappa shape index (κ3) is 3.89. The summed E-state index contributed by atoms with van der Waals surface area (Å²) < 4.78 is 2.12. The molecule has 0 spiro atoms. The van der Waals surface area contributed by atoms with Crippen molar-refractivity contribution in [3.8, 4) is 0 Å². The van der Waals surface area contributed by atoms with Crippen LogP contribution in [0.15, 0.2) is 24.3 Å². The average molecular weight is 388 g/mol. The van der Waals surface area contributed by atoms with Gasteiger partial charge in [0.05, 0.1) is 17.6 Å². The molecule has 2 N–H and O–H groups in total. The Labute approximate surface area is 167 Å². The first-order chi connectivity index (χ1) is 13.7. The summed E-state index contributed by atoms with van der Waals surface area (Å²) in [5.41, 5.74) is 2.02. The predicted octanol–water partition coefficient (Wildman–Crippen LogP) is 0.711. The number of nitrogens with zero attached hydrogens (tertiary/aromatic N) is 5. The second-order valence-electron chi connectivity index (χ2n) is 8.12. The van der Waals surface area contributed by atoms with Gasteiger partial charge in [0.25, 0.3) is 0 Å². The van der Waals surface area contributed by atoms with Crippen LogP contribution in [-0.2, 0) is 6.54 Å². The summed E-state index contributed by atoms with van der Waals surface area (Å²) in [4.78, 5) is 12.2. The Bertz CT molecular complexity index is 771. The molecule has 2 aromatic rings. The number of para-hydroxylation sites is 2. The fourth-order valence-electron chi connectivity index (χ4n) is 4.76. The number of aliphatic hydroxyl groups is 2. The maximum Gasteiger partial charge on any atom is 0.206 e. The number of fused-ring (bicyclic) bond motifs is 1. The zero-order chi connectivity index (χ0) is 19.5. The van der Waals surface area contributed by atoms with Gasteiger partial charge in [-0.2, -0.15) is 0 Å². The van der Waals surface area contributed by atoms with Crippen LogP contribution in [0.5, 0.6) is 0 Å². The summed E-state index contributed by atoms with van der Waals surface area (Å²) in [5, 5.41) is 19.6. The SMILES string of the molecule is CCN1CCN(C[C@@H]2CN(c3nc4ccccc4n3CCO)C[C@@H]2CO)CC1. The first kappa shape index (κ1) is 19.6. The molecule has 2 aliphatic rings. The molecule has 1 aromatic carbocycles. The fourth-order valence-corrected chi connectivity index (χ4v) is 4.76. The van der Waals surface area contributed by atoms with E-state index < -0.39 is 0 Å². The molecule has 0 aliphatic carbocycles. The van der Waals surface area contributed by atoms with Gasteiger partial charge < -0.3 is 29.5 Å². The van der Waals surface area contributed by atoms with Gasteiger partial charge in [0.15, 0.2) is 0 Å². The Balaban J connectivity index is 1.49. The van der Waals surface area contributed by atoms with Crippen molar-refractivity contribution in [2.45, 2.75) is 13.5 Å². The normalized spacial score (nSPS) is 24.5.